The van der Waals surface area contributed by atoms with Crippen molar-refractivity contribution in [1.29, 1.82) is 0 Å². The number of nitro groups is 1. The minimum absolute atomic E-state index is 0.103. The number of nitrogens with zero attached hydrogens (tertiary/aromatic N) is 2. The number of likely N-dealkylation sites (N-methyl/N-ethyl adjacent to an activating group) is 1. The summed E-state index contributed by atoms with van der Waals surface area (Å²) in [5, 5.41) is 10.7. The fourth-order valence-electron chi connectivity index (χ4n) is 2.38. The Kier molecular flexibility index (Phi) is 5.81. The number of benzene rings is 2. The molecule has 0 saturated heterocycles. The van der Waals surface area contributed by atoms with Gasteiger partial charge in [0, 0.05) is 19.7 Å². The van der Waals surface area contributed by atoms with Crippen LogP contribution in [0.3, 0.4) is 0 Å². The van der Waals surface area contributed by atoms with E-state index in [1.54, 1.807) is 24.3 Å². The van der Waals surface area contributed by atoms with Crippen LogP contribution in [-0.4, -0.2) is 36.4 Å². The molecule has 26 heavy (non-hydrogen) atoms. The maximum atomic E-state index is 13.9. The van der Waals surface area contributed by atoms with Crippen molar-refractivity contribution in [2.45, 2.75) is 6.42 Å². The van der Waals surface area contributed by atoms with E-state index in [0.29, 0.717) is 18.2 Å². The van der Waals surface area contributed by atoms with Gasteiger partial charge in [0.2, 0.25) is 11.6 Å². The molecule has 0 aliphatic rings. The average Bonchev–Trinajstić information content (AvgIpc) is 2.63. The molecule has 2 aromatic carbocycles. The summed E-state index contributed by atoms with van der Waals surface area (Å²) in [5.41, 5.74) is -1.42. The third-order valence-corrected chi connectivity index (χ3v) is 3.81. The van der Waals surface area contributed by atoms with Gasteiger partial charge in [-0.3, -0.25) is 14.9 Å². The van der Waals surface area contributed by atoms with Gasteiger partial charge in [-0.05, 0) is 18.1 Å². The van der Waals surface area contributed by atoms with E-state index in [1.807, 2.05) is 0 Å². The van der Waals surface area contributed by atoms with Gasteiger partial charge in [-0.15, -0.1) is 0 Å². The highest BCUT2D eigenvalue weighted by Crippen LogP contribution is 2.26. The molecule has 0 saturated carbocycles. The van der Waals surface area contributed by atoms with E-state index in [9.17, 15) is 28.1 Å². The van der Waals surface area contributed by atoms with Crippen LogP contribution in [0.4, 0.5) is 18.9 Å². The Labute approximate surface area is 146 Å². The summed E-state index contributed by atoms with van der Waals surface area (Å²) >= 11 is 0. The molecule has 0 spiro atoms. The zero-order chi connectivity index (χ0) is 19.4. The van der Waals surface area contributed by atoms with Crippen LogP contribution in [0.15, 0.2) is 30.3 Å². The molecule has 0 fully saturated rings. The van der Waals surface area contributed by atoms with Gasteiger partial charge in [0.25, 0.3) is 5.91 Å². The fraction of sp³-hybridized carbons (Fsp3) is 0.235. The second-order valence-corrected chi connectivity index (χ2v) is 5.43. The lowest BCUT2D eigenvalue weighted by Crippen LogP contribution is -2.30. The van der Waals surface area contributed by atoms with Crippen molar-refractivity contribution in [3.05, 3.63) is 69.0 Å². The van der Waals surface area contributed by atoms with Crippen LogP contribution in [0.25, 0.3) is 0 Å². The zero-order valence-corrected chi connectivity index (χ0v) is 14.0. The lowest BCUT2D eigenvalue weighted by Gasteiger charge is -2.18. The van der Waals surface area contributed by atoms with Gasteiger partial charge in [0.15, 0.2) is 5.82 Å². The van der Waals surface area contributed by atoms with E-state index in [1.165, 1.54) is 14.2 Å². The average molecular weight is 368 g/mol. The summed E-state index contributed by atoms with van der Waals surface area (Å²) in [6.45, 7) is 0.103. The van der Waals surface area contributed by atoms with Crippen LogP contribution < -0.4 is 4.74 Å². The molecule has 0 aromatic heterocycles. The number of nitro benzene ring substituents is 1. The summed E-state index contributed by atoms with van der Waals surface area (Å²) < 4.78 is 46.0. The Hall–Kier alpha value is -3.10. The van der Waals surface area contributed by atoms with Crippen LogP contribution in [0.5, 0.6) is 5.75 Å². The monoisotopic (exact) mass is 368 g/mol. The van der Waals surface area contributed by atoms with E-state index >= 15 is 0 Å². The molecule has 0 unspecified atom stereocenters. The number of ether oxygens (including phenoxy) is 1. The maximum absolute atomic E-state index is 13.9. The molecular weight excluding hydrogens is 353 g/mol. The second-order valence-electron chi connectivity index (χ2n) is 5.43. The fourth-order valence-corrected chi connectivity index (χ4v) is 2.38. The Balaban J connectivity index is 2.24. The van der Waals surface area contributed by atoms with Crippen molar-refractivity contribution in [2.24, 2.45) is 0 Å². The molecule has 6 nitrogen and oxygen atoms in total. The predicted molar refractivity (Wildman–Crippen MR) is 86.6 cm³/mol. The SMILES string of the molecule is COc1ccccc1CCN(C)C(=O)c1cc([N+](=O)[O-])c(F)c(F)c1F. The first kappa shape index (κ1) is 19.2. The number of carbonyl (C=O) groups is 1. The third kappa shape index (κ3) is 3.76. The van der Waals surface area contributed by atoms with Gasteiger partial charge in [-0.1, -0.05) is 18.2 Å². The first-order chi connectivity index (χ1) is 12.3. The minimum atomic E-state index is -2.05. The molecular formula is C17H15F3N2O4. The molecule has 2 aromatic rings. The molecule has 0 bridgehead atoms. The molecule has 0 N–H and O–H groups in total. The standard InChI is InChI=1S/C17H15F3N2O4/c1-21(8-7-10-5-3-4-6-13(10)26-2)17(23)11-9-12(22(24)25)15(19)16(20)14(11)18/h3-6,9H,7-8H2,1-2H3. The number of rotatable bonds is 6. The smallest absolute Gasteiger partial charge is 0.308 e. The third-order valence-electron chi connectivity index (χ3n) is 3.81. The number of para-hydroxylation sites is 1. The van der Waals surface area contributed by atoms with E-state index in [-0.39, 0.29) is 6.54 Å². The number of hydrogen-bond acceptors (Lipinski definition) is 4. The Morgan fingerprint density at radius 1 is 1.19 bits per heavy atom. The lowest BCUT2D eigenvalue weighted by molar-refractivity contribution is -0.387. The highest BCUT2D eigenvalue weighted by molar-refractivity contribution is 5.95. The van der Waals surface area contributed by atoms with Crippen molar-refractivity contribution >= 4 is 11.6 Å². The minimum Gasteiger partial charge on any atom is -0.496 e. The predicted octanol–water partition coefficient (Wildman–Crippen LogP) is 3.34. The van der Waals surface area contributed by atoms with Gasteiger partial charge in [0.1, 0.15) is 5.75 Å². The summed E-state index contributed by atoms with van der Waals surface area (Å²) in [6, 6.07) is 7.45. The van der Waals surface area contributed by atoms with E-state index < -0.39 is 39.5 Å². The van der Waals surface area contributed by atoms with Crippen molar-refractivity contribution in [2.75, 3.05) is 20.7 Å². The maximum Gasteiger partial charge on any atom is 0.308 e. The van der Waals surface area contributed by atoms with Gasteiger partial charge < -0.3 is 9.64 Å². The Morgan fingerprint density at radius 3 is 2.46 bits per heavy atom. The quantitative estimate of drug-likeness (QED) is 0.445. The molecule has 0 aliphatic carbocycles. The highest BCUT2D eigenvalue weighted by Gasteiger charge is 2.29. The molecule has 0 aliphatic heterocycles. The summed E-state index contributed by atoms with van der Waals surface area (Å²) in [4.78, 5) is 22.9. The first-order valence-electron chi connectivity index (χ1n) is 7.47. The van der Waals surface area contributed by atoms with Crippen LogP contribution in [-0.2, 0) is 6.42 Å². The number of halogens is 3. The summed E-state index contributed by atoms with van der Waals surface area (Å²) in [5.74, 6) is -6.16. The highest BCUT2D eigenvalue weighted by atomic mass is 19.2. The van der Waals surface area contributed by atoms with Gasteiger partial charge in [-0.25, -0.2) is 8.78 Å². The van der Waals surface area contributed by atoms with Crippen molar-refractivity contribution in [3.8, 4) is 5.75 Å². The topological polar surface area (TPSA) is 72.7 Å². The number of methoxy groups -OCH3 is 1. The summed E-state index contributed by atoms with van der Waals surface area (Å²) in [6.07, 6.45) is 0.347. The lowest BCUT2D eigenvalue weighted by atomic mass is 10.1. The molecule has 0 atom stereocenters. The number of hydrogen-bond donors (Lipinski definition) is 0. The Bertz CT molecular complexity index is 858. The zero-order valence-electron chi connectivity index (χ0n) is 14.0. The van der Waals surface area contributed by atoms with E-state index in [0.717, 1.165) is 10.5 Å². The van der Waals surface area contributed by atoms with Crippen LogP contribution in [0.1, 0.15) is 15.9 Å². The molecule has 0 radical (unpaired) electrons. The van der Waals surface area contributed by atoms with E-state index in [4.69, 9.17) is 4.74 Å². The van der Waals surface area contributed by atoms with E-state index in [2.05, 4.69) is 0 Å². The van der Waals surface area contributed by atoms with Crippen molar-refractivity contribution in [1.82, 2.24) is 4.90 Å². The number of carbonyl (C=O) groups excluding carboxylic acids is 1. The normalized spacial score (nSPS) is 10.5. The van der Waals surface area contributed by atoms with Crippen molar-refractivity contribution < 1.29 is 27.6 Å². The molecule has 1 amide bonds. The van der Waals surface area contributed by atoms with Gasteiger partial charge in [-0.2, -0.15) is 4.39 Å². The van der Waals surface area contributed by atoms with Crippen LogP contribution in [0.2, 0.25) is 0 Å². The van der Waals surface area contributed by atoms with Gasteiger partial charge in [0.05, 0.1) is 17.6 Å². The van der Waals surface area contributed by atoms with Gasteiger partial charge >= 0.3 is 5.69 Å². The largest absolute Gasteiger partial charge is 0.496 e. The molecule has 138 valence electrons. The second kappa shape index (κ2) is 7.85. The number of amides is 1. The van der Waals surface area contributed by atoms with Crippen LogP contribution >= 0.6 is 0 Å². The molecule has 9 heteroatoms. The molecule has 2 rings (SSSR count). The summed E-state index contributed by atoms with van der Waals surface area (Å²) in [7, 11) is 2.81. The first-order valence-corrected chi connectivity index (χ1v) is 7.47. The Morgan fingerprint density at radius 2 is 1.85 bits per heavy atom. The van der Waals surface area contributed by atoms with Crippen LogP contribution in [0, 0.1) is 27.6 Å². The molecule has 0 heterocycles. The van der Waals surface area contributed by atoms with Crippen molar-refractivity contribution in [3.63, 3.8) is 0 Å².